The molecule has 2 unspecified atom stereocenters. The van der Waals surface area contributed by atoms with E-state index in [2.05, 4.69) is 30.4 Å². The van der Waals surface area contributed by atoms with Crippen LogP contribution in [0.5, 0.6) is 0 Å². The number of aromatic nitrogens is 3. The molecule has 0 spiro atoms. The van der Waals surface area contributed by atoms with Gasteiger partial charge in [-0.1, -0.05) is 6.92 Å². The van der Waals surface area contributed by atoms with Gasteiger partial charge in [0.1, 0.15) is 5.82 Å². The van der Waals surface area contributed by atoms with Crippen molar-refractivity contribution in [3.05, 3.63) is 11.6 Å². The number of likely N-dealkylation sites (tertiary alicyclic amines) is 1. The highest BCUT2D eigenvalue weighted by molar-refractivity contribution is 4.98. The van der Waals surface area contributed by atoms with E-state index >= 15 is 0 Å². The normalized spacial score (nSPS) is 27.8. The Labute approximate surface area is 122 Å². The van der Waals surface area contributed by atoms with Gasteiger partial charge in [0.05, 0.1) is 0 Å². The second-order valence-electron chi connectivity index (χ2n) is 7.07. The highest BCUT2D eigenvalue weighted by Gasteiger charge is 2.24. The Hall–Kier alpha value is -0.900. The van der Waals surface area contributed by atoms with Gasteiger partial charge < -0.3 is 4.90 Å². The van der Waals surface area contributed by atoms with Crippen LogP contribution < -0.4 is 0 Å². The highest BCUT2D eigenvalue weighted by atomic mass is 15.4. The van der Waals surface area contributed by atoms with Crippen LogP contribution in [0, 0.1) is 11.8 Å². The summed E-state index contributed by atoms with van der Waals surface area (Å²) in [5.41, 5.74) is 0. The number of rotatable bonds is 3. The van der Waals surface area contributed by atoms with Gasteiger partial charge in [-0.3, -0.25) is 0 Å². The molecule has 1 fully saturated rings. The van der Waals surface area contributed by atoms with Crippen molar-refractivity contribution in [3.63, 3.8) is 0 Å². The fourth-order valence-electron chi connectivity index (χ4n) is 3.60. The molecule has 20 heavy (non-hydrogen) atoms. The molecule has 1 saturated heterocycles. The lowest BCUT2D eigenvalue weighted by molar-refractivity contribution is 0.138. The van der Waals surface area contributed by atoms with Crippen LogP contribution in [0.15, 0.2) is 0 Å². The van der Waals surface area contributed by atoms with Gasteiger partial charge in [0.2, 0.25) is 0 Å². The Morgan fingerprint density at radius 2 is 2.10 bits per heavy atom. The van der Waals surface area contributed by atoms with E-state index in [-0.39, 0.29) is 0 Å². The van der Waals surface area contributed by atoms with Crippen molar-refractivity contribution < 1.29 is 0 Å². The number of hydrogen-bond acceptors (Lipinski definition) is 3. The molecule has 0 aromatic carbocycles. The van der Waals surface area contributed by atoms with E-state index < -0.39 is 0 Å². The molecule has 4 nitrogen and oxygen atoms in total. The standard InChI is InChI=1S/C16H28N4/c1-12(2)19-8-4-5-14(11-19)9-15-17-16-7-6-13(3)10-20(16)18-15/h12-14H,4-11H2,1-3H3. The van der Waals surface area contributed by atoms with E-state index in [0.29, 0.717) is 6.04 Å². The number of hydrogen-bond donors (Lipinski definition) is 0. The molecule has 3 heterocycles. The molecule has 3 rings (SSSR count). The molecule has 2 aliphatic rings. The first kappa shape index (κ1) is 14.1. The first-order valence-electron chi connectivity index (χ1n) is 8.28. The summed E-state index contributed by atoms with van der Waals surface area (Å²) in [5.74, 6) is 3.80. The van der Waals surface area contributed by atoms with Crippen molar-refractivity contribution in [3.8, 4) is 0 Å². The third-order valence-corrected chi connectivity index (χ3v) is 4.89. The maximum atomic E-state index is 4.78. The van der Waals surface area contributed by atoms with Crippen molar-refractivity contribution in [2.45, 2.75) is 65.5 Å². The van der Waals surface area contributed by atoms with Crippen LogP contribution in [0.2, 0.25) is 0 Å². The molecule has 0 saturated carbocycles. The molecule has 2 aliphatic heterocycles. The van der Waals surface area contributed by atoms with E-state index in [1.54, 1.807) is 0 Å². The largest absolute Gasteiger partial charge is 0.301 e. The SMILES string of the molecule is CC1CCc2nc(CC3CCCN(C(C)C)C3)nn2C1. The first-order valence-corrected chi connectivity index (χ1v) is 8.28. The van der Waals surface area contributed by atoms with E-state index in [9.17, 15) is 0 Å². The summed E-state index contributed by atoms with van der Waals surface area (Å²) in [6, 6.07) is 0.668. The van der Waals surface area contributed by atoms with Crippen LogP contribution in [-0.2, 0) is 19.4 Å². The van der Waals surface area contributed by atoms with E-state index in [1.807, 2.05) is 0 Å². The molecule has 0 bridgehead atoms. The minimum Gasteiger partial charge on any atom is -0.301 e. The van der Waals surface area contributed by atoms with Gasteiger partial charge >= 0.3 is 0 Å². The molecular weight excluding hydrogens is 248 g/mol. The first-order chi connectivity index (χ1) is 9.61. The molecule has 1 aromatic rings. The van der Waals surface area contributed by atoms with Crippen LogP contribution in [-0.4, -0.2) is 38.8 Å². The lowest BCUT2D eigenvalue weighted by Crippen LogP contribution is -2.40. The van der Waals surface area contributed by atoms with Crippen LogP contribution in [0.4, 0.5) is 0 Å². The molecule has 112 valence electrons. The number of piperidine rings is 1. The number of aryl methyl sites for hydroxylation is 1. The van der Waals surface area contributed by atoms with Crippen molar-refractivity contribution >= 4 is 0 Å². The highest BCUT2D eigenvalue weighted by Crippen LogP contribution is 2.23. The summed E-state index contributed by atoms with van der Waals surface area (Å²) in [4.78, 5) is 7.39. The summed E-state index contributed by atoms with van der Waals surface area (Å²) in [5, 5.41) is 4.75. The molecule has 0 aliphatic carbocycles. The van der Waals surface area contributed by atoms with Crippen molar-refractivity contribution in [1.29, 1.82) is 0 Å². The Balaban J connectivity index is 1.63. The summed E-state index contributed by atoms with van der Waals surface area (Å²) in [7, 11) is 0. The van der Waals surface area contributed by atoms with Crippen molar-refractivity contribution in [2.24, 2.45) is 11.8 Å². The topological polar surface area (TPSA) is 34.0 Å². The predicted octanol–water partition coefficient (Wildman–Crippen LogP) is 2.52. The molecule has 4 heteroatoms. The Kier molecular flexibility index (Phi) is 4.11. The maximum absolute atomic E-state index is 4.78. The predicted molar refractivity (Wildman–Crippen MR) is 80.6 cm³/mol. The zero-order valence-electron chi connectivity index (χ0n) is 13.2. The average Bonchev–Trinajstić information content (AvgIpc) is 2.80. The molecule has 0 N–H and O–H groups in total. The number of fused-ring (bicyclic) bond motifs is 1. The van der Waals surface area contributed by atoms with Crippen molar-refractivity contribution in [1.82, 2.24) is 19.7 Å². The fraction of sp³-hybridized carbons (Fsp3) is 0.875. The lowest BCUT2D eigenvalue weighted by Gasteiger charge is -2.35. The molecular formula is C16H28N4. The average molecular weight is 276 g/mol. The molecule has 1 aromatic heterocycles. The quantitative estimate of drug-likeness (QED) is 0.850. The Morgan fingerprint density at radius 1 is 1.25 bits per heavy atom. The Bertz CT molecular complexity index is 451. The van der Waals surface area contributed by atoms with Crippen LogP contribution in [0.25, 0.3) is 0 Å². The fourth-order valence-corrected chi connectivity index (χ4v) is 3.60. The van der Waals surface area contributed by atoms with Gasteiger partial charge in [-0.25, -0.2) is 9.67 Å². The third kappa shape index (κ3) is 3.05. The van der Waals surface area contributed by atoms with Gasteiger partial charge in [-0.2, -0.15) is 5.10 Å². The van der Waals surface area contributed by atoms with E-state index in [1.165, 1.54) is 38.2 Å². The zero-order valence-corrected chi connectivity index (χ0v) is 13.2. The molecule has 0 amide bonds. The summed E-state index contributed by atoms with van der Waals surface area (Å²) < 4.78 is 2.16. The van der Waals surface area contributed by atoms with Crippen LogP contribution >= 0.6 is 0 Å². The van der Waals surface area contributed by atoms with Gasteiger partial charge in [0.15, 0.2) is 5.82 Å². The summed E-state index contributed by atoms with van der Waals surface area (Å²) in [6.07, 6.45) is 6.11. The van der Waals surface area contributed by atoms with Gasteiger partial charge in [0.25, 0.3) is 0 Å². The zero-order chi connectivity index (χ0) is 14.1. The van der Waals surface area contributed by atoms with Crippen LogP contribution in [0.1, 0.15) is 51.7 Å². The Morgan fingerprint density at radius 3 is 2.90 bits per heavy atom. The third-order valence-electron chi connectivity index (χ3n) is 4.89. The lowest BCUT2D eigenvalue weighted by atomic mass is 9.94. The van der Waals surface area contributed by atoms with E-state index in [4.69, 9.17) is 10.1 Å². The maximum Gasteiger partial charge on any atom is 0.151 e. The number of nitrogens with zero attached hydrogens (tertiary/aromatic N) is 4. The monoisotopic (exact) mass is 276 g/mol. The summed E-state index contributed by atoms with van der Waals surface area (Å²) in [6.45, 7) is 10.5. The smallest absolute Gasteiger partial charge is 0.151 e. The molecule has 2 atom stereocenters. The second kappa shape index (κ2) is 5.84. The van der Waals surface area contributed by atoms with Gasteiger partial charge in [-0.15, -0.1) is 0 Å². The molecule has 0 radical (unpaired) electrons. The minimum absolute atomic E-state index is 0.668. The van der Waals surface area contributed by atoms with Gasteiger partial charge in [-0.05, 0) is 51.5 Å². The second-order valence-corrected chi connectivity index (χ2v) is 7.07. The summed E-state index contributed by atoms with van der Waals surface area (Å²) >= 11 is 0. The van der Waals surface area contributed by atoms with Crippen molar-refractivity contribution in [2.75, 3.05) is 13.1 Å². The van der Waals surface area contributed by atoms with Crippen LogP contribution in [0.3, 0.4) is 0 Å². The minimum atomic E-state index is 0.668. The van der Waals surface area contributed by atoms with E-state index in [0.717, 1.165) is 37.0 Å². The van der Waals surface area contributed by atoms with Gasteiger partial charge in [0, 0.05) is 32.0 Å².